The van der Waals surface area contributed by atoms with E-state index in [1.807, 2.05) is 42.5 Å². The van der Waals surface area contributed by atoms with Crippen molar-refractivity contribution in [2.45, 2.75) is 43.7 Å². The highest BCUT2D eigenvalue weighted by molar-refractivity contribution is 7.97. The number of benzene rings is 2. The van der Waals surface area contributed by atoms with Gasteiger partial charge in [0.25, 0.3) is 0 Å². The van der Waals surface area contributed by atoms with Crippen LogP contribution in [0, 0.1) is 5.92 Å². The second-order valence-electron chi connectivity index (χ2n) is 9.12. The van der Waals surface area contributed by atoms with Gasteiger partial charge >= 0.3 is 5.97 Å². The molecule has 2 aromatic carbocycles. The maximum Gasteiger partial charge on any atom is 0.335 e. The zero-order chi connectivity index (χ0) is 25.1. The fraction of sp³-hybridized carbons (Fsp3) is 0.286. The Labute approximate surface area is 218 Å². The number of furan rings is 1. The molecule has 6 nitrogen and oxygen atoms in total. The molecule has 2 heterocycles. The Hall–Kier alpha value is -3.16. The summed E-state index contributed by atoms with van der Waals surface area (Å²) in [4.78, 5) is 23.9. The third-order valence-corrected chi connectivity index (χ3v) is 8.09. The first-order valence-corrected chi connectivity index (χ1v) is 13.6. The first kappa shape index (κ1) is 24.5. The van der Waals surface area contributed by atoms with E-state index in [9.17, 15) is 14.7 Å². The van der Waals surface area contributed by atoms with E-state index in [4.69, 9.17) is 16.0 Å². The van der Waals surface area contributed by atoms with Crippen molar-refractivity contribution in [2.24, 2.45) is 5.92 Å². The lowest BCUT2D eigenvalue weighted by Crippen LogP contribution is -2.20. The molecule has 1 aliphatic rings. The number of nitrogens with one attached hydrogen (secondary N) is 1. The number of hydrogen-bond acceptors (Lipinski definition) is 4. The second kappa shape index (κ2) is 10.8. The summed E-state index contributed by atoms with van der Waals surface area (Å²) in [5.41, 5.74) is 3.93. The minimum Gasteiger partial charge on any atom is -0.478 e. The van der Waals surface area contributed by atoms with Gasteiger partial charge < -0.3 is 19.4 Å². The van der Waals surface area contributed by atoms with E-state index in [0.29, 0.717) is 17.3 Å². The molecule has 0 saturated heterocycles. The third kappa shape index (κ3) is 5.32. The SMILES string of the molecule is O=C(O)c1ccc(Cn2c(CSCc3ccco3)c(Cl)c3cc(NC(=O)C4CCCC4)ccc32)cc1. The Morgan fingerprint density at radius 1 is 1.08 bits per heavy atom. The lowest BCUT2D eigenvalue weighted by molar-refractivity contribution is -0.119. The van der Waals surface area contributed by atoms with Crippen LogP contribution in [0.3, 0.4) is 0 Å². The van der Waals surface area contributed by atoms with E-state index in [0.717, 1.165) is 65.0 Å². The number of nitrogens with zero attached hydrogens (tertiary/aromatic N) is 1. The number of hydrogen-bond donors (Lipinski definition) is 2. The number of rotatable bonds is 9. The van der Waals surface area contributed by atoms with E-state index in [2.05, 4.69) is 9.88 Å². The second-order valence-corrected chi connectivity index (χ2v) is 10.5. The molecule has 4 aromatic rings. The topological polar surface area (TPSA) is 84.5 Å². The van der Waals surface area contributed by atoms with Crippen LogP contribution in [0.25, 0.3) is 10.9 Å². The lowest BCUT2D eigenvalue weighted by atomic mass is 10.1. The van der Waals surface area contributed by atoms with Gasteiger partial charge in [-0.3, -0.25) is 4.79 Å². The highest BCUT2D eigenvalue weighted by atomic mass is 35.5. The molecule has 2 N–H and O–H groups in total. The normalized spacial score (nSPS) is 13.9. The maximum absolute atomic E-state index is 12.7. The molecular formula is C28H27ClN2O4S. The quantitative estimate of drug-likeness (QED) is 0.243. The molecule has 1 aliphatic carbocycles. The smallest absolute Gasteiger partial charge is 0.335 e. The lowest BCUT2D eigenvalue weighted by Gasteiger charge is -2.12. The Morgan fingerprint density at radius 2 is 1.86 bits per heavy atom. The molecule has 36 heavy (non-hydrogen) atoms. The van der Waals surface area contributed by atoms with Crippen molar-refractivity contribution in [2.75, 3.05) is 5.32 Å². The first-order chi connectivity index (χ1) is 17.5. The minimum absolute atomic E-state index is 0.0788. The van der Waals surface area contributed by atoms with Crippen LogP contribution in [0.5, 0.6) is 0 Å². The average Bonchev–Trinajstić information content (AvgIpc) is 3.64. The van der Waals surface area contributed by atoms with Gasteiger partial charge in [0.05, 0.1) is 28.1 Å². The predicted molar refractivity (Wildman–Crippen MR) is 144 cm³/mol. The third-order valence-electron chi connectivity index (χ3n) is 6.70. The van der Waals surface area contributed by atoms with Crippen LogP contribution < -0.4 is 5.32 Å². The molecule has 0 radical (unpaired) electrons. The number of thioether (sulfide) groups is 1. The number of carboxylic acids is 1. The van der Waals surface area contributed by atoms with Crippen molar-refractivity contribution in [3.63, 3.8) is 0 Å². The molecule has 5 rings (SSSR count). The van der Waals surface area contributed by atoms with Crippen molar-refractivity contribution in [3.05, 3.63) is 88.5 Å². The summed E-state index contributed by atoms with van der Waals surface area (Å²) >= 11 is 8.65. The molecule has 0 unspecified atom stereocenters. The van der Waals surface area contributed by atoms with Crippen LogP contribution in [-0.2, 0) is 22.8 Å². The van der Waals surface area contributed by atoms with Gasteiger partial charge in [0.2, 0.25) is 5.91 Å². The van der Waals surface area contributed by atoms with Crippen LogP contribution in [-0.4, -0.2) is 21.6 Å². The molecule has 0 spiro atoms. The van der Waals surface area contributed by atoms with Crippen molar-refractivity contribution in [1.29, 1.82) is 0 Å². The van der Waals surface area contributed by atoms with Gasteiger partial charge in [-0.25, -0.2) is 4.79 Å². The summed E-state index contributed by atoms with van der Waals surface area (Å²) in [7, 11) is 0. The van der Waals surface area contributed by atoms with E-state index in [-0.39, 0.29) is 17.4 Å². The number of anilines is 1. The van der Waals surface area contributed by atoms with Gasteiger partial charge in [0.1, 0.15) is 5.76 Å². The summed E-state index contributed by atoms with van der Waals surface area (Å²) in [6.07, 6.45) is 5.78. The van der Waals surface area contributed by atoms with Gasteiger partial charge in [-0.15, -0.1) is 11.8 Å². The van der Waals surface area contributed by atoms with Crippen molar-refractivity contribution in [3.8, 4) is 0 Å². The van der Waals surface area contributed by atoms with Crippen molar-refractivity contribution < 1.29 is 19.1 Å². The Bertz CT molecular complexity index is 1370. The predicted octanol–water partition coefficient (Wildman–Crippen LogP) is 7.20. The van der Waals surface area contributed by atoms with Crippen LogP contribution in [0.1, 0.15) is 53.1 Å². The highest BCUT2D eigenvalue weighted by Crippen LogP contribution is 2.36. The van der Waals surface area contributed by atoms with Crippen LogP contribution in [0.15, 0.2) is 65.3 Å². The summed E-state index contributed by atoms with van der Waals surface area (Å²) in [6, 6.07) is 16.6. The summed E-state index contributed by atoms with van der Waals surface area (Å²) in [5.74, 6) is 1.52. The molecular weight excluding hydrogens is 496 g/mol. The summed E-state index contributed by atoms with van der Waals surface area (Å²) < 4.78 is 7.63. The highest BCUT2D eigenvalue weighted by Gasteiger charge is 2.23. The first-order valence-electron chi connectivity index (χ1n) is 12.0. The molecule has 1 amide bonds. The number of carbonyl (C=O) groups is 2. The number of aromatic nitrogens is 1. The van der Waals surface area contributed by atoms with Crippen LogP contribution in [0.4, 0.5) is 5.69 Å². The van der Waals surface area contributed by atoms with Crippen LogP contribution >= 0.6 is 23.4 Å². The van der Waals surface area contributed by atoms with Gasteiger partial charge in [0.15, 0.2) is 0 Å². The van der Waals surface area contributed by atoms with E-state index in [1.165, 1.54) is 0 Å². The standard InChI is InChI=1S/C28H27ClN2O4S/c29-26-23-14-21(30-27(32)19-4-1-2-5-19)11-12-24(23)31(15-18-7-9-20(10-8-18)28(33)34)25(26)17-36-16-22-6-3-13-35-22/h3,6-14,19H,1-2,4-5,15-17H2,(H,30,32)(H,33,34). The molecule has 0 bridgehead atoms. The zero-order valence-corrected chi connectivity index (χ0v) is 21.3. The monoisotopic (exact) mass is 522 g/mol. The number of fused-ring (bicyclic) bond motifs is 1. The molecule has 1 saturated carbocycles. The molecule has 186 valence electrons. The number of carbonyl (C=O) groups excluding carboxylic acids is 1. The molecule has 0 atom stereocenters. The zero-order valence-electron chi connectivity index (χ0n) is 19.7. The molecule has 2 aromatic heterocycles. The summed E-state index contributed by atoms with van der Waals surface area (Å²) in [5, 5.41) is 13.9. The van der Waals surface area contributed by atoms with Crippen molar-refractivity contribution in [1.82, 2.24) is 4.57 Å². The molecule has 8 heteroatoms. The van der Waals surface area contributed by atoms with Gasteiger partial charge in [-0.2, -0.15) is 0 Å². The number of amides is 1. The van der Waals surface area contributed by atoms with Gasteiger partial charge in [-0.1, -0.05) is 36.6 Å². The minimum atomic E-state index is -0.946. The van der Waals surface area contributed by atoms with Gasteiger partial charge in [0, 0.05) is 35.0 Å². The Balaban J connectivity index is 1.45. The van der Waals surface area contributed by atoms with Crippen molar-refractivity contribution >= 4 is 51.8 Å². The maximum atomic E-state index is 12.7. The van der Waals surface area contributed by atoms with E-state index >= 15 is 0 Å². The Kier molecular flexibility index (Phi) is 7.39. The van der Waals surface area contributed by atoms with Crippen LogP contribution in [0.2, 0.25) is 5.02 Å². The number of aromatic carboxylic acids is 1. The average molecular weight is 523 g/mol. The van der Waals surface area contributed by atoms with Gasteiger partial charge in [-0.05, 0) is 60.9 Å². The fourth-order valence-electron chi connectivity index (χ4n) is 4.78. The Morgan fingerprint density at radius 3 is 2.56 bits per heavy atom. The van der Waals surface area contributed by atoms with E-state index < -0.39 is 5.97 Å². The molecule has 1 fully saturated rings. The summed E-state index contributed by atoms with van der Waals surface area (Å²) in [6.45, 7) is 0.549. The largest absolute Gasteiger partial charge is 0.478 e. The number of halogens is 1. The number of carboxylic acid groups (broad SMARTS) is 1. The molecule has 0 aliphatic heterocycles. The van der Waals surface area contributed by atoms with E-state index in [1.54, 1.807) is 30.2 Å². The fourth-order valence-corrected chi connectivity index (χ4v) is 6.14.